The lowest BCUT2D eigenvalue weighted by molar-refractivity contribution is -0.133. The summed E-state index contributed by atoms with van der Waals surface area (Å²) in [5, 5.41) is 8.25. The molecule has 0 saturated carbocycles. The number of carbonyl (C=O) groups is 4. The molecule has 6 N–H and O–H groups in total. The molecule has 0 aliphatic carbocycles. The fourth-order valence-corrected chi connectivity index (χ4v) is 4.24. The van der Waals surface area contributed by atoms with Gasteiger partial charge in [-0.1, -0.05) is 44.2 Å². The van der Waals surface area contributed by atoms with Gasteiger partial charge in [0.15, 0.2) is 0 Å². The molecule has 11 heteroatoms. The molecule has 0 radical (unpaired) electrons. The number of imidazole rings is 1. The zero-order valence-corrected chi connectivity index (χ0v) is 22.4. The number of hydrogen-bond donors (Lipinski definition) is 5. The molecule has 0 saturated heterocycles. The van der Waals surface area contributed by atoms with Crippen molar-refractivity contribution >= 4 is 35.8 Å². The van der Waals surface area contributed by atoms with Crippen molar-refractivity contribution in [3.63, 3.8) is 0 Å². The molecule has 10 nitrogen and oxygen atoms in total. The quantitative estimate of drug-likeness (QED) is 0.202. The van der Waals surface area contributed by atoms with Crippen LogP contribution < -0.4 is 21.7 Å². The summed E-state index contributed by atoms with van der Waals surface area (Å²) in [5.41, 5.74) is 7.50. The second kappa shape index (κ2) is 15.8. The van der Waals surface area contributed by atoms with Crippen LogP contribution in [0, 0.1) is 5.92 Å². The Morgan fingerprint density at radius 2 is 1.68 bits per heavy atom. The monoisotopic (exact) mass is 530 g/mol. The van der Waals surface area contributed by atoms with Gasteiger partial charge in [-0.15, -0.1) is 0 Å². The van der Waals surface area contributed by atoms with Crippen molar-refractivity contribution in [1.29, 1.82) is 0 Å². The number of H-pyrrole nitrogens is 1. The number of nitrogens with two attached hydrogens (primary N) is 1. The lowest BCUT2D eigenvalue weighted by Gasteiger charge is -2.25. The van der Waals surface area contributed by atoms with E-state index in [0.29, 0.717) is 30.6 Å². The van der Waals surface area contributed by atoms with Gasteiger partial charge in [-0.3, -0.25) is 14.4 Å². The predicted octanol–water partition coefficient (Wildman–Crippen LogP) is 0.975. The zero-order chi connectivity index (χ0) is 27.2. The summed E-state index contributed by atoms with van der Waals surface area (Å²) < 4.78 is 0. The van der Waals surface area contributed by atoms with E-state index in [2.05, 4.69) is 25.9 Å². The van der Waals surface area contributed by atoms with E-state index in [9.17, 15) is 19.2 Å². The Morgan fingerprint density at radius 1 is 1.03 bits per heavy atom. The molecule has 0 unspecified atom stereocenters. The molecule has 3 amide bonds. The highest BCUT2D eigenvalue weighted by Gasteiger charge is 2.29. The molecular weight excluding hydrogens is 492 g/mol. The summed E-state index contributed by atoms with van der Waals surface area (Å²) in [6.45, 7) is 3.90. The third-order valence-electron chi connectivity index (χ3n) is 5.71. The molecule has 0 bridgehead atoms. The van der Waals surface area contributed by atoms with Crippen molar-refractivity contribution in [3.05, 3.63) is 54.1 Å². The normalized spacial score (nSPS) is 14.3. The first-order valence-corrected chi connectivity index (χ1v) is 13.7. The van der Waals surface area contributed by atoms with Gasteiger partial charge in [0.1, 0.15) is 18.4 Å². The van der Waals surface area contributed by atoms with Gasteiger partial charge >= 0.3 is 0 Å². The largest absolute Gasteiger partial charge is 0.348 e. The Bertz CT molecular complexity index is 986. The van der Waals surface area contributed by atoms with Crippen LogP contribution in [-0.4, -0.2) is 70.2 Å². The van der Waals surface area contributed by atoms with Gasteiger partial charge < -0.3 is 31.5 Å². The van der Waals surface area contributed by atoms with Crippen molar-refractivity contribution < 1.29 is 19.2 Å². The molecule has 0 spiro atoms. The smallest absolute Gasteiger partial charge is 0.243 e. The number of hydrogen-bond acceptors (Lipinski definition) is 7. The number of carbonyl (C=O) groups excluding carboxylic acids is 4. The van der Waals surface area contributed by atoms with Gasteiger partial charge in [-0.05, 0) is 36.3 Å². The molecule has 1 aromatic carbocycles. The highest BCUT2D eigenvalue weighted by Crippen LogP contribution is 2.08. The van der Waals surface area contributed by atoms with Gasteiger partial charge in [0.2, 0.25) is 17.7 Å². The molecule has 37 heavy (non-hydrogen) atoms. The van der Waals surface area contributed by atoms with E-state index >= 15 is 0 Å². The van der Waals surface area contributed by atoms with Crippen LogP contribution in [0.3, 0.4) is 0 Å². The first-order chi connectivity index (χ1) is 17.7. The average Bonchev–Trinajstić information content (AvgIpc) is 3.39. The molecule has 0 fully saturated rings. The van der Waals surface area contributed by atoms with Crippen LogP contribution in [0.15, 0.2) is 42.9 Å². The van der Waals surface area contributed by atoms with Gasteiger partial charge in [-0.2, -0.15) is 11.8 Å². The summed E-state index contributed by atoms with van der Waals surface area (Å²) >= 11 is 1.58. The van der Waals surface area contributed by atoms with Gasteiger partial charge in [0.05, 0.1) is 18.4 Å². The van der Waals surface area contributed by atoms with Crippen molar-refractivity contribution in [2.45, 2.75) is 63.7 Å². The molecule has 0 aliphatic rings. The van der Waals surface area contributed by atoms with Crippen molar-refractivity contribution in [2.75, 3.05) is 12.0 Å². The number of nitrogens with zero attached hydrogens (tertiary/aromatic N) is 1. The Labute approximate surface area is 222 Å². The van der Waals surface area contributed by atoms with Crippen LogP contribution >= 0.6 is 11.8 Å². The third kappa shape index (κ3) is 10.8. The summed E-state index contributed by atoms with van der Waals surface area (Å²) in [6.07, 6.45) is 6.96. The molecule has 202 valence electrons. The Balaban J connectivity index is 2.22. The molecule has 4 atom stereocenters. The van der Waals surface area contributed by atoms with Gasteiger partial charge in [0, 0.05) is 24.7 Å². The minimum absolute atomic E-state index is 0.129. The SMILES string of the molecule is CSCC[C@H](N)C(=O)N[C@@H](Cc1ccccc1)C(=O)N[C@@H](Cc1cnc[nH]1)C(=O)N[C@H](C=O)CC(C)C. The number of aromatic amines is 1. The Hall–Kier alpha value is -3.18. The number of nitrogens with one attached hydrogen (secondary N) is 4. The summed E-state index contributed by atoms with van der Waals surface area (Å²) in [6, 6.07) is 5.88. The van der Waals surface area contributed by atoms with Crippen LogP contribution in [0.4, 0.5) is 0 Å². The zero-order valence-electron chi connectivity index (χ0n) is 21.6. The average molecular weight is 531 g/mol. The van der Waals surface area contributed by atoms with Crippen molar-refractivity contribution in [3.8, 4) is 0 Å². The Morgan fingerprint density at radius 3 is 2.27 bits per heavy atom. The van der Waals surface area contributed by atoms with Gasteiger partial charge in [0.25, 0.3) is 0 Å². The molecule has 2 rings (SSSR count). The van der Waals surface area contributed by atoms with Crippen LogP contribution in [0.5, 0.6) is 0 Å². The standard InChI is InChI=1S/C26H38N6O4S/c1-17(2)11-20(15-33)30-25(35)23(13-19-14-28-16-29-19)32-26(36)22(12-18-7-5-4-6-8-18)31-24(34)21(27)9-10-37-3/h4-8,14-17,20-23H,9-13,27H2,1-3H3,(H,28,29)(H,30,35)(H,31,34)(H,32,36)/t20-,21-,22-,23-/m0/s1. The van der Waals surface area contributed by atoms with E-state index in [1.54, 1.807) is 18.0 Å². The molecule has 1 aromatic heterocycles. The van der Waals surface area contributed by atoms with Crippen LogP contribution in [0.25, 0.3) is 0 Å². The van der Waals surface area contributed by atoms with Crippen LogP contribution in [-0.2, 0) is 32.0 Å². The summed E-state index contributed by atoms with van der Waals surface area (Å²) in [7, 11) is 0. The first-order valence-electron chi connectivity index (χ1n) is 12.4. The lowest BCUT2D eigenvalue weighted by atomic mass is 10.0. The number of aromatic nitrogens is 2. The number of amides is 3. The second-order valence-electron chi connectivity index (χ2n) is 9.36. The number of thioether (sulfide) groups is 1. The molecule has 1 heterocycles. The second-order valence-corrected chi connectivity index (χ2v) is 10.3. The van der Waals surface area contributed by atoms with E-state index in [-0.39, 0.29) is 18.8 Å². The fourth-order valence-electron chi connectivity index (χ4n) is 3.75. The van der Waals surface area contributed by atoms with E-state index in [1.165, 1.54) is 6.33 Å². The maximum Gasteiger partial charge on any atom is 0.243 e. The fraction of sp³-hybridized carbons (Fsp3) is 0.500. The molecule has 2 aromatic rings. The predicted molar refractivity (Wildman–Crippen MR) is 145 cm³/mol. The maximum atomic E-state index is 13.5. The number of rotatable bonds is 16. The first kappa shape index (κ1) is 30.0. The number of aldehydes is 1. The van der Waals surface area contributed by atoms with Gasteiger partial charge in [-0.25, -0.2) is 4.98 Å². The van der Waals surface area contributed by atoms with E-state index in [4.69, 9.17) is 5.73 Å². The maximum absolute atomic E-state index is 13.5. The minimum Gasteiger partial charge on any atom is -0.348 e. The summed E-state index contributed by atoms with van der Waals surface area (Å²) in [4.78, 5) is 57.8. The summed E-state index contributed by atoms with van der Waals surface area (Å²) in [5.74, 6) is -0.553. The highest BCUT2D eigenvalue weighted by atomic mass is 32.2. The lowest BCUT2D eigenvalue weighted by Crippen LogP contribution is -2.57. The molecule has 0 aliphatic heterocycles. The van der Waals surface area contributed by atoms with E-state index in [1.807, 2.05) is 50.4 Å². The third-order valence-corrected chi connectivity index (χ3v) is 6.36. The van der Waals surface area contributed by atoms with Crippen LogP contribution in [0.2, 0.25) is 0 Å². The van der Waals surface area contributed by atoms with Crippen molar-refractivity contribution in [2.24, 2.45) is 11.7 Å². The van der Waals surface area contributed by atoms with E-state index < -0.39 is 41.9 Å². The topological polar surface area (TPSA) is 159 Å². The van der Waals surface area contributed by atoms with Crippen molar-refractivity contribution in [1.82, 2.24) is 25.9 Å². The highest BCUT2D eigenvalue weighted by molar-refractivity contribution is 7.98. The molecular formula is C26H38N6O4S. The Kier molecular flexibility index (Phi) is 12.9. The van der Waals surface area contributed by atoms with Crippen LogP contribution in [0.1, 0.15) is 37.9 Å². The van der Waals surface area contributed by atoms with E-state index in [0.717, 1.165) is 5.56 Å². The minimum atomic E-state index is -0.997. The number of benzene rings is 1.